The number of hydrogen-bond acceptors (Lipinski definition) is 4. The molecule has 23 heavy (non-hydrogen) atoms. The maximum absolute atomic E-state index is 12.8. The highest BCUT2D eigenvalue weighted by Gasteiger charge is 2.30. The van der Waals surface area contributed by atoms with E-state index in [2.05, 4.69) is 4.72 Å². The van der Waals surface area contributed by atoms with Crippen LogP contribution in [-0.4, -0.2) is 28.1 Å². The summed E-state index contributed by atoms with van der Waals surface area (Å²) in [7, 11) is -2.16. The Labute approximate surface area is 145 Å². The lowest BCUT2D eigenvalue weighted by Gasteiger charge is -2.24. The Morgan fingerprint density at radius 1 is 1.30 bits per heavy atom. The number of benzene rings is 1. The average Bonchev–Trinajstić information content (AvgIpc) is 2.98. The van der Waals surface area contributed by atoms with Gasteiger partial charge in [-0.05, 0) is 49.8 Å². The molecule has 0 radical (unpaired) electrons. The second-order valence-corrected chi connectivity index (χ2v) is 7.80. The number of halogens is 1. The average molecular weight is 363 g/mol. The zero-order chi connectivity index (χ0) is 16.3. The summed E-state index contributed by atoms with van der Waals surface area (Å²) in [5.41, 5.74) is 7.52. The number of aryl methyl sites for hydroxylation is 2. The molecule has 3 N–H and O–H groups in total. The molecule has 1 atom stereocenters. The summed E-state index contributed by atoms with van der Waals surface area (Å²) < 4.78 is 33.7. The van der Waals surface area contributed by atoms with Gasteiger partial charge in [0.15, 0.2) is 0 Å². The topological polar surface area (TPSA) is 81.4 Å². The summed E-state index contributed by atoms with van der Waals surface area (Å²) in [4.78, 5) is 0.198. The van der Waals surface area contributed by atoms with Gasteiger partial charge < -0.3 is 10.5 Å². The fourth-order valence-corrected chi connectivity index (χ4v) is 4.98. The second kappa shape index (κ2) is 8.33. The van der Waals surface area contributed by atoms with Crippen LogP contribution < -0.4 is 15.2 Å². The van der Waals surface area contributed by atoms with Crippen LogP contribution in [0.5, 0.6) is 5.75 Å². The van der Waals surface area contributed by atoms with Crippen LogP contribution in [-0.2, 0) is 10.0 Å². The molecule has 132 valence electrons. The number of methoxy groups -OCH3 is 1. The van der Waals surface area contributed by atoms with E-state index in [1.54, 1.807) is 6.07 Å². The van der Waals surface area contributed by atoms with Crippen molar-refractivity contribution in [2.24, 2.45) is 11.7 Å². The number of sulfonamides is 1. The third-order valence-electron chi connectivity index (χ3n) is 4.41. The fraction of sp³-hybridized carbons (Fsp3) is 0.625. The molecule has 0 amide bonds. The molecule has 1 saturated carbocycles. The number of nitrogens with one attached hydrogen (secondary N) is 1. The third-order valence-corrected chi connectivity index (χ3v) is 5.90. The number of ether oxygens (including phenoxy) is 1. The fourth-order valence-electron chi connectivity index (χ4n) is 3.34. The van der Waals surface area contributed by atoms with Crippen LogP contribution in [0.15, 0.2) is 17.0 Å². The zero-order valence-electron chi connectivity index (χ0n) is 14.0. The Balaban J connectivity index is 0.00000264. The molecule has 0 aromatic heterocycles. The Morgan fingerprint density at radius 3 is 2.43 bits per heavy atom. The first-order valence-corrected chi connectivity index (χ1v) is 9.25. The van der Waals surface area contributed by atoms with E-state index < -0.39 is 10.0 Å². The van der Waals surface area contributed by atoms with Crippen LogP contribution in [0.4, 0.5) is 0 Å². The number of rotatable bonds is 6. The van der Waals surface area contributed by atoms with Gasteiger partial charge in [-0.1, -0.05) is 18.9 Å². The van der Waals surface area contributed by atoms with Gasteiger partial charge in [0.2, 0.25) is 10.0 Å². The van der Waals surface area contributed by atoms with E-state index >= 15 is 0 Å². The van der Waals surface area contributed by atoms with Crippen molar-refractivity contribution >= 4 is 22.4 Å². The van der Waals surface area contributed by atoms with Crippen LogP contribution in [0.25, 0.3) is 0 Å². The standard InChI is InChI=1S/C16H26N2O3S.ClH/c1-11-8-12(2)16(21-3)15(9-11)22(19,20)18-14(10-17)13-6-4-5-7-13;/h8-9,13-14,18H,4-7,10,17H2,1-3H3;1H. The van der Waals surface area contributed by atoms with Crippen molar-refractivity contribution < 1.29 is 13.2 Å². The summed E-state index contributed by atoms with van der Waals surface area (Å²) in [6.07, 6.45) is 4.37. The maximum Gasteiger partial charge on any atom is 0.244 e. The summed E-state index contributed by atoms with van der Waals surface area (Å²) >= 11 is 0. The van der Waals surface area contributed by atoms with Crippen molar-refractivity contribution in [3.05, 3.63) is 23.3 Å². The molecule has 0 spiro atoms. The molecule has 0 heterocycles. The van der Waals surface area contributed by atoms with Crippen molar-refractivity contribution in [2.45, 2.75) is 50.5 Å². The minimum Gasteiger partial charge on any atom is -0.495 e. The molecule has 0 saturated heterocycles. The van der Waals surface area contributed by atoms with Crippen molar-refractivity contribution in [3.8, 4) is 5.75 Å². The Morgan fingerprint density at radius 2 is 1.91 bits per heavy atom. The normalized spacial score (nSPS) is 16.9. The highest BCUT2D eigenvalue weighted by Crippen LogP contribution is 2.31. The van der Waals surface area contributed by atoms with Crippen LogP contribution in [0.2, 0.25) is 0 Å². The van der Waals surface area contributed by atoms with E-state index in [0.29, 0.717) is 18.2 Å². The van der Waals surface area contributed by atoms with E-state index in [1.165, 1.54) is 7.11 Å². The van der Waals surface area contributed by atoms with E-state index in [-0.39, 0.29) is 23.3 Å². The monoisotopic (exact) mass is 362 g/mol. The van der Waals surface area contributed by atoms with Crippen molar-refractivity contribution in [3.63, 3.8) is 0 Å². The number of nitrogens with two attached hydrogens (primary N) is 1. The summed E-state index contributed by atoms with van der Waals surface area (Å²) in [6.45, 7) is 4.04. The highest BCUT2D eigenvalue weighted by atomic mass is 35.5. The molecule has 0 bridgehead atoms. The van der Waals surface area contributed by atoms with Gasteiger partial charge in [-0.15, -0.1) is 12.4 Å². The van der Waals surface area contributed by atoms with Crippen LogP contribution >= 0.6 is 12.4 Å². The molecule has 1 aliphatic rings. The van der Waals surface area contributed by atoms with Crippen molar-refractivity contribution in [1.82, 2.24) is 4.72 Å². The minimum atomic E-state index is -3.65. The molecule has 1 fully saturated rings. The van der Waals surface area contributed by atoms with E-state index in [9.17, 15) is 8.42 Å². The van der Waals surface area contributed by atoms with Gasteiger partial charge in [-0.3, -0.25) is 0 Å². The van der Waals surface area contributed by atoms with Gasteiger partial charge in [0.1, 0.15) is 10.6 Å². The Kier molecular flexibility index (Phi) is 7.32. The van der Waals surface area contributed by atoms with Crippen LogP contribution in [0, 0.1) is 19.8 Å². The van der Waals surface area contributed by atoms with Crippen molar-refractivity contribution in [1.29, 1.82) is 0 Å². The first-order chi connectivity index (χ1) is 10.4. The molecule has 1 aromatic carbocycles. The minimum absolute atomic E-state index is 0. The van der Waals surface area contributed by atoms with E-state index in [1.807, 2.05) is 19.9 Å². The lowest BCUT2D eigenvalue weighted by Crippen LogP contribution is -2.44. The summed E-state index contributed by atoms with van der Waals surface area (Å²) in [5, 5.41) is 0. The Bertz CT molecular complexity index is 628. The summed E-state index contributed by atoms with van der Waals surface area (Å²) in [5.74, 6) is 0.733. The van der Waals surface area contributed by atoms with E-state index in [4.69, 9.17) is 10.5 Å². The van der Waals surface area contributed by atoms with Crippen LogP contribution in [0.1, 0.15) is 36.8 Å². The van der Waals surface area contributed by atoms with E-state index in [0.717, 1.165) is 36.8 Å². The van der Waals surface area contributed by atoms with Crippen LogP contribution in [0.3, 0.4) is 0 Å². The molecule has 1 unspecified atom stereocenters. The van der Waals surface area contributed by atoms with Gasteiger partial charge in [-0.2, -0.15) is 0 Å². The number of hydrogen-bond donors (Lipinski definition) is 2. The first-order valence-electron chi connectivity index (χ1n) is 7.76. The maximum atomic E-state index is 12.8. The molecular formula is C16H27ClN2O3S. The SMILES string of the molecule is COc1c(C)cc(C)cc1S(=O)(=O)NC(CN)C1CCCC1.Cl. The molecule has 2 rings (SSSR count). The van der Waals surface area contributed by atoms with Gasteiger partial charge >= 0.3 is 0 Å². The van der Waals surface area contributed by atoms with Crippen molar-refractivity contribution in [2.75, 3.05) is 13.7 Å². The molecule has 0 aliphatic heterocycles. The predicted molar refractivity (Wildman–Crippen MR) is 94.8 cm³/mol. The second-order valence-electron chi connectivity index (χ2n) is 6.12. The van der Waals surface area contributed by atoms with Gasteiger partial charge in [0.05, 0.1) is 7.11 Å². The quantitative estimate of drug-likeness (QED) is 0.814. The zero-order valence-corrected chi connectivity index (χ0v) is 15.6. The van der Waals surface area contributed by atoms with Gasteiger partial charge in [0.25, 0.3) is 0 Å². The first kappa shape index (κ1) is 20.2. The summed E-state index contributed by atoms with van der Waals surface area (Å²) in [6, 6.07) is 3.35. The molecule has 1 aliphatic carbocycles. The largest absolute Gasteiger partial charge is 0.495 e. The molecule has 1 aromatic rings. The van der Waals surface area contributed by atoms with Gasteiger partial charge in [0, 0.05) is 12.6 Å². The Hall–Kier alpha value is -0.820. The molecular weight excluding hydrogens is 336 g/mol. The lowest BCUT2D eigenvalue weighted by molar-refractivity contribution is 0.392. The molecule has 5 nitrogen and oxygen atoms in total. The predicted octanol–water partition coefficient (Wildman–Crippen LogP) is 2.53. The lowest BCUT2D eigenvalue weighted by atomic mass is 9.99. The molecule has 7 heteroatoms. The highest BCUT2D eigenvalue weighted by molar-refractivity contribution is 7.89. The smallest absolute Gasteiger partial charge is 0.244 e. The van der Waals surface area contributed by atoms with Gasteiger partial charge in [-0.25, -0.2) is 13.1 Å². The third kappa shape index (κ3) is 4.59.